The number of ether oxygens (including phenoxy) is 1. The second-order valence-electron chi connectivity index (χ2n) is 7.06. The highest BCUT2D eigenvalue weighted by Gasteiger charge is 2.29. The van der Waals surface area contributed by atoms with Crippen molar-refractivity contribution in [3.63, 3.8) is 0 Å². The SMILES string of the molecule is CCOc1ccc(NC(=O)c2csc(-c3ccsc3)n2)cc1S(=O)(=O)N1CCCCC1. The topological polar surface area (TPSA) is 88.6 Å². The van der Waals surface area contributed by atoms with E-state index in [1.54, 1.807) is 35.8 Å². The van der Waals surface area contributed by atoms with Crippen LogP contribution in [0, 0.1) is 0 Å². The fraction of sp³-hybridized carbons (Fsp3) is 0.333. The molecule has 0 spiro atoms. The molecular formula is C21H23N3O4S3. The molecule has 1 saturated heterocycles. The van der Waals surface area contributed by atoms with Crippen LogP contribution >= 0.6 is 22.7 Å². The number of aromatic nitrogens is 1. The van der Waals surface area contributed by atoms with Crippen molar-refractivity contribution < 1.29 is 17.9 Å². The molecule has 1 N–H and O–H groups in total. The van der Waals surface area contributed by atoms with E-state index in [0.717, 1.165) is 29.8 Å². The fourth-order valence-electron chi connectivity index (χ4n) is 3.40. The van der Waals surface area contributed by atoms with Gasteiger partial charge in [0.05, 0.1) is 6.61 Å². The van der Waals surface area contributed by atoms with Crippen LogP contribution < -0.4 is 10.1 Å². The summed E-state index contributed by atoms with van der Waals surface area (Å²) in [6.07, 6.45) is 2.72. The van der Waals surface area contributed by atoms with Crippen molar-refractivity contribution in [1.29, 1.82) is 0 Å². The van der Waals surface area contributed by atoms with Gasteiger partial charge in [0.1, 0.15) is 21.3 Å². The van der Waals surface area contributed by atoms with Crippen molar-refractivity contribution >= 4 is 44.3 Å². The zero-order chi connectivity index (χ0) is 21.8. The molecule has 1 aliphatic rings. The van der Waals surface area contributed by atoms with E-state index in [1.165, 1.54) is 21.7 Å². The summed E-state index contributed by atoms with van der Waals surface area (Å²) in [6.45, 7) is 3.14. The number of hydrogen-bond donors (Lipinski definition) is 1. The maximum atomic E-state index is 13.2. The van der Waals surface area contributed by atoms with Crippen molar-refractivity contribution in [2.24, 2.45) is 0 Å². The van der Waals surface area contributed by atoms with Gasteiger partial charge in [-0.1, -0.05) is 6.42 Å². The summed E-state index contributed by atoms with van der Waals surface area (Å²) in [5, 5.41) is 9.17. The Morgan fingerprint density at radius 1 is 1.19 bits per heavy atom. The Morgan fingerprint density at radius 2 is 2.00 bits per heavy atom. The first-order chi connectivity index (χ1) is 15.0. The Kier molecular flexibility index (Phi) is 6.71. The normalized spacial score (nSPS) is 15.0. The summed E-state index contributed by atoms with van der Waals surface area (Å²) in [6, 6.07) is 6.66. The summed E-state index contributed by atoms with van der Waals surface area (Å²) in [7, 11) is -3.72. The zero-order valence-electron chi connectivity index (χ0n) is 17.0. The molecule has 1 fully saturated rings. The number of rotatable bonds is 7. The first-order valence-corrected chi connectivity index (χ1v) is 13.3. The first kappa shape index (κ1) is 21.9. The second-order valence-corrected chi connectivity index (χ2v) is 10.6. The number of sulfonamides is 1. The molecule has 31 heavy (non-hydrogen) atoms. The number of thiazole rings is 1. The number of nitrogens with zero attached hydrogens (tertiary/aromatic N) is 2. The molecule has 7 nitrogen and oxygen atoms in total. The number of anilines is 1. The van der Waals surface area contributed by atoms with Crippen LogP contribution in [-0.2, 0) is 10.0 Å². The summed E-state index contributed by atoms with van der Waals surface area (Å²) in [5.74, 6) is -0.0947. The van der Waals surface area contributed by atoms with Crippen molar-refractivity contribution in [1.82, 2.24) is 9.29 Å². The maximum Gasteiger partial charge on any atom is 0.275 e. The lowest BCUT2D eigenvalue weighted by atomic mass is 10.2. The van der Waals surface area contributed by atoms with E-state index in [2.05, 4.69) is 10.3 Å². The average molecular weight is 478 g/mol. The van der Waals surface area contributed by atoms with Gasteiger partial charge in [-0.3, -0.25) is 4.79 Å². The Balaban J connectivity index is 1.59. The summed E-state index contributed by atoms with van der Waals surface area (Å²) in [4.78, 5) is 17.2. The third kappa shape index (κ3) is 4.82. The number of thiophene rings is 1. The Labute approximate surface area is 189 Å². The molecule has 1 aliphatic heterocycles. The van der Waals surface area contributed by atoms with E-state index in [0.29, 0.717) is 36.8 Å². The number of nitrogens with one attached hydrogen (secondary N) is 1. The number of piperidine rings is 1. The van der Waals surface area contributed by atoms with E-state index >= 15 is 0 Å². The summed E-state index contributed by atoms with van der Waals surface area (Å²) in [5.41, 5.74) is 1.65. The van der Waals surface area contributed by atoms with Crippen LogP contribution in [-0.4, -0.2) is 43.3 Å². The van der Waals surface area contributed by atoms with Crippen molar-refractivity contribution in [2.45, 2.75) is 31.1 Å². The number of carbonyl (C=O) groups is 1. The molecule has 2 aromatic heterocycles. The first-order valence-electron chi connectivity index (χ1n) is 10.1. The molecule has 0 bridgehead atoms. The van der Waals surface area contributed by atoms with Crippen LogP contribution in [0.4, 0.5) is 5.69 Å². The van der Waals surface area contributed by atoms with Crippen LogP contribution in [0.25, 0.3) is 10.6 Å². The lowest BCUT2D eigenvalue weighted by Gasteiger charge is -2.27. The molecule has 0 aliphatic carbocycles. The predicted molar refractivity (Wildman–Crippen MR) is 124 cm³/mol. The lowest BCUT2D eigenvalue weighted by Crippen LogP contribution is -2.35. The smallest absolute Gasteiger partial charge is 0.275 e. The second kappa shape index (κ2) is 9.47. The number of carbonyl (C=O) groups excluding carboxylic acids is 1. The minimum absolute atomic E-state index is 0.0753. The molecule has 164 valence electrons. The predicted octanol–water partition coefficient (Wildman–Crippen LogP) is 4.70. The molecular weight excluding hydrogens is 454 g/mol. The van der Waals surface area contributed by atoms with Gasteiger partial charge in [0.15, 0.2) is 0 Å². The minimum Gasteiger partial charge on any atom is -0.492 e. The number of benzene rings is 1. The molecule has 0 radical (unpaired) electrons. The summed E-state index contributed by atoms with van der Waals surface area (Å²) < 4.78 is 33.6. The highest BCUT2D eigenvalue weighted by molar-refractivity contribution is 7.89. The van der Waals surface area contributed by atoms with Crippen LogP contribution in [0.2, 0.25) is 0 Å². The van der Waals surface area contributed by atoms with Gasteiger partial charge in [-0.2, -0.15) is 15.6 Å². The summed E-state index contributed by atoms with van der Waals surface area (Å²) >= 11 is 2.96. The number of hydrogen-bond acceptors (Lipinski definition) is 7. The van der Waals surface area contributed by atoms with Crippen molar-refractivity contribution in [3.05, 3.63) is 46.1 Å². The highest BCUT2D eigenvalue weighted by Crippen LogP contribution is 2.32. The molecule has 0 atom stereocenters. The third-order valence-corrected chi connectivity index (χ3v) is 8.43. The van der Waals surface area contributed by atoms with Crippen molar-refractivity contribution in [3.8, 4) is 16.3 Å². The molecule has 0 saturated carbocycles. The Bertz CT molecular complexity index is 1150. The zero-order valence-corrected chi connectivity index (χ0v) is 19.5. The van der Waals surface area contributed by atoms with E-state index in [4.69, 9.17) is 4.74 Å². The minimum atomic E-state index is -3.72. The van der Waals surface area contributed by atoms with Gasteiger partial charge in [0.2, 0.25) is 10.0 Å². The van der Waals surface area contributed by atoms with E-state index in [9.17, 15) is 13.2 Å². The quantitative estimate of drug-likeness (QED) is 0.533. The molecule has 10 heteroatoms. The lowest BCUT2D eigenvalue weighted by molar-refractivity contribution is 0.102. The van der Waals surface area contributed by atoms with E-state index in [-0.39, 0.29) is 10.8 Å². The molecule has 0 unspecified atom stereocenters. The third-order valence-electron chi connectivity index (χ3n) is 4.94. The van der Waals surface area contributed by atoms with Crippen LogP contribution in [0.15, 0.2) is 45.3 Å². The largest absolute Gasteiger partial charge is 0.492 e. The van der Waals surface area contributed by atoms with Crippen LogP contribution in [0.3, 0.4) is 0 Å². The fourth-order valence-corrected chi connectivity index (χ4v) is 6.58. The van der Waals surface area contributed by atoms with Gasteiger partial charge in [0, 0.05) is 35.1 Å². The van der Waals surface area contributed by atoms with Crippen LogP contribution in [0.5, 0.6) is 5.75 Å². The molecule has 3 aromatic rings. The molecule has 3 heterocycles. The van der Waals surface area contributed by atoms with E-state index in [1.807, 2.05) is 16.8 Å². The molecule has 4 rings (SSSR count). The standard InChI is InChI=1S/C21H23N3O4S3/c1-2-28-18-7-6-16(12-19(18)31(26,27)24-9-4-3-5-10-24)22-20(25)17-14-30-21(23-17)15-8-11-29-13-15/h6-8,11-14H,2-5,9-10H2,1H3,(H,22,25). The maximum absolute atomic E-state index is 13.2. The average Bonchev–Trinajstić information content (AvgIpc) is 3.47. The molecule has 1 aromatic carbocycles. The van der Waals surface area contributed by atoms with Gasteiger partial charge in [0.25, 0.3) is 5.91 Å². The monoisotopic (exact) mass is 477 g/mol. The number of amides is 1. The highest BCUT2D eigenvalue weighted by atomic mass is 32.2. The van der Waals surface area contributed by atoms with E-state index < -0.39 is 10.0 Å². The van der Waals surface area contributed by atoms with Crippen LogP contribution in [0.1, 0.15) is 36.7 Å². The van der Waals surface area contributed by atoms with Gasteiger partial charge < -0.3 is 10.1 Å². The Hall–Kier alpha value is -2.27. The van der Waals surface area contributed by atoms with Gasteiger partial charge in [-0.15, -0.1) is 11.3 Å². The van der Waals surface area contributed by atoms with Gasteiger partial charge >= 0.3 is 0 Å². The van der Waals surface area contributed by atoms with Gasteiger partial charge in [-0.25, -0.2) is 13.4 Å². The van der Waals surface area contributed by atoms with Gasteiger partial charge in [-0.05, 0) is 49.4 Å². The Morgan fingerprint density at radius 3 is 2.71 bits per heavy atom. The molecule has 1 amide bonds. The van der Waals surface area contributed by atoms with Crippen molar-refractivity contribution in [2.75, 3.05) is 25.0 Å².